The van der Waals surface area contributed by atoms with Crippen molar-refractivity contribution in [3.8, 4) is 0 Å². The molecule has 11 heteroatoms. The van der Waals surface area contributed by atoms with Crippen molar-refractivity contribution in [3.05, 3.63) is 48.0 Å². The van der Waals surface area contributed by atoms with Crippen molar-refractivity contribution < 1.29 is 26.4 Å². The molecule has 2 aromatic carbocycles. The van der Waals surface area contributed by atoms with E-state index in [1.165, 1.54) is 19.2 Å². The number of anilines is 3. The minimum Gasteiger partial charge on any atom is -0.380 e. The van der Waals surface area contributed by atoms with Crippen molar-refractivity contribution >= 4 is 42.8 Å². The van der Waals surface area contributed by atoms with Crippen LogP contribution in [0.5, 0.6) is 0 Å². The van der Waals surface area contributed by atoms with E-state index in [-0.39, 0.29) is 28.0 Å². The van der Waals surface area contributed by atoms with Crippen LogP contribution >= 0.6 is 0 Å². The average Bonchev–Trinajstić information content (AvgIpc) is 2.92. The van der Waals surface area contributed by atoms with Crippen molar-refractivity contribution in [2.24, 2.45) is 0 Å². The zero-order valence-corrected chi connectivity index (χ0v) is 25.0. The zero-order valence-electron chi connectivity index (χ0n) is 23.4. The number of piperidine rings is 1. The van der Waals surface area contributed by atoms with Crippen molar-refractivity contribution in [2.45, 2.75) is 62.9 Å². The molecular weight excluding hydrogens is 538 g/mol. The molecule has 0 saturated carbocycles. The van der Waals surface area contributed by atoms with Crippen LogP contribution in [0.1, 0.15) is 62.2 Å². The summed E-state index contributed by atoms with van der Waals surface area (Å²) in [6.45, 7) is 3.60. The highest BCUT2D eigenvalue weighted by Gasteiger charge is 2.25. The van der Waals surface area contributed by atoms with Crippen LogP contribution in [-0.4, -0.2) is 68.1 Å². The molecular formula is C28H41N3O6S2. The van der Waals surface area contributed by atoms with E-state index in [1.807, 2.05) is 6.07 Å². The predicted octanol–water partition coefficient (Wildman–Crippen LogP) is 4.69. The molecule has 39 heavy (non-hydrogen) atoms. The molecule has 1 atom stereocenters. The second-order valence-corrected chi connectivity index (χ2v) is 14.2. The van der Waals surface area contributed by atoms with Gasteiger partial charge in [-0.15, -0.1) is 0 Å². The number of hydrogen-bond acceptors (Lipinski definition) is 7. The number of unbranched alkanes of at least 4 members (excludes halogenated alkanes) is 4. The maximum Gasteiger partial charge on any atom is 0.257 e. The number of nitrogens with one attached hydrogen (secondary N) is 1. The van der Waals surface area contributed by atoms with Crippen molar-refractivity contribution in [1.82, 2.24) is 0 Å². The predicted molar refractivity (Wildman–Crippen MR) is 157 cm³/mol. The molecule has 1 aliphatic heterocycles. The number of sulfonamides is 1. The number of carbonyl (C=O) groups excluding carboxylic acids is 1. The number of nitrogens with zero attached hydrogens (tertiary/aromatic N) is 2. The Morgan fingerprint density at radius 3 is 2.38 bits per heavy atom. The van der Waals surface area contributed by atoms with Gasteiger partial charge in [0.2, 0.25) is 10.0 Å². The Morgan fingerprint density at radius 1 is 1.05 bits per heavy atom. The van der Waals surface area contributed by atoms with Gasteiger partial charge in [0.1, 0.15) is 0 Å². The minimum absolute atomic E-state index is 0.0886. The molecule has 0 spiro atoms. The van der Waals surface area contributed by atoms with Gasteiger partial charge in [0.15, 0.2) is 9.84 Å². The molecule has 9 nitrogen and oxygen atoms in total. The van der Waals surface area contributed by atoms with Gasteiger partial charge in [-0.25, -0.2) is 16.8 Å². The maximum atomic E-state index is 13.3. The molecule has 1 N–H and O–H groups in total. The largest absolute Gasteiger partial charge is 0.380 e. The van der Waals surface area contributed by atoms with Crippen LogP contribution in [0, 0.1) is 0 Å². The van der Waals surface area contributed by atoms with E-state index in [0.29, 0.717) is 18.7 Å². The fourth-order valence-electron chi connectivity index (χ4n) is 4.67. The summed E-state index contributed by atoms with van der Waals surface area (Å²) < 4.78 is 56.8. The molecule has 0 aliphatic carbocycles. The van der Waals surface area contributed by atoms with E-state index in [0.717, 1.165) is 61.3 Å². The fraction of sp³-hybridized carbons (Fsp3) is 0.536. The molecule has 1 heterocycles. The number of amides is 1. The van der Waals surface area contributed by atoms with Gasteiger partial charge in [-0.3, -0.25) is 9.10 Å². The minimum atomic E-state index is -3.64. The normalized spacial score (nSPS) is 16.2. The lowest BCUT2D eigenvalue weighted by Gasteiger charge is -2.34. The molecule has 1 amide bonds. The summed E-state index contributed by atoms with van der Waals surface area (Å²) in [5.41, 5.74) is 1.67. The van der Waals surface area contributed by atoms with Crippen LogP contribution in [0.25, 0.3) is 0 Å². The fourth-order valence-corrected chi connectivity index (χ4v) is 6.55. The van der Waals surface area contributed by atoms with Crippen molar-refractivity contribution in [2.75, 3.05) is 53.8 Å². The van der Waals surface area contributed by atoms with Gasteiger partial charge in [-0.2, -0.15) is 0 Å². The first kappa shape index (κ1) is 30.9. The number of benzene rings is 2. The third kappa shape index (κ3) is 8.43. The van der Waals surface area contributed by atoms with E-state index in [4.69, 9.17) is 4.74 Å². The van der Waals surface area contributed by atoms with Crippen LogP contribution in [0.15, 0.2) is 47.4 Å². The second kappa shape index (κ2) is 13.6. The molecule has 216 valence electrons. The lowest BCUT2D eigenvalue weighted by atomic mass is 10.1. The first-order valence-electron chi connectivity index (χ1n) is 13.5. The molecule has 0 unspecified atom stereocenters. The summed E-state index contributed by atoms with van der Waals surface area (Å²) >= 11 is 0. The Labute approximate surface area is 233 Å². The van der Waals surface area contributed by atoms with Crippen LogP contribution < -0.4 is 14.5 Å². The number of carbonyl (C=O) groups is 1. The molecule has 0 radical (unpaired) electrons. The molecule has 1 aliphatic rings. The number of rotatable bonds is 13. The monoisotopic (exact) mass is 579 g/mol. The third-order valence-corrected chi connectivity index (χ3v) is 10.1. The Kier molecular flexibility index (Phi) is 10.8. The number of hydrogen-bond donors (Lipinski definition) is 1. The molecule has 3 rings (SSSR count). The van der Waals surface area contributed by atoms with Gasteiger partial charge in [0.25, 0.3) is 5.91 Å². The van der Waals surface area contributed by atoms with Gasteiger partial charge in [-0.05, 0) is 61.7 Å². The van der Waals surface area contributed by atoms with Crippen LogP contribution in [0.3, 0.4) is 0 Å². The van der Waals surface area contributed by atoms with Gasteiger partial charge >= 0.3 is 0 Å². The Hall–Kier alpha value is -2.63. The summed E-state index contributed by atoms with van der Waals surface area (Å²) in [6, 6.07) is 11.2. The smallest absolute Gasteiger partial charge is 0.257 e. The highest BCUT2D eigenvalue weighted by Crippen LogP contribution is 2.31. The molecule has 0 aromatic heterocycles. The van der Waals surface area contributed by atoms with E-state index >= 15 is 0 Å². The quantitative estimate of drug-likeness (QED) is 0.343. The SMILES string of the molecule is CCCCCCCS(=O)(=O)c1ccc(NC(=O)c2ccc(N3CCC[C@@H](OC)C3)cc2N(C)S(C)(=O)=O)cc1. The Balaban J connectivity index is 1.78. The molecule has 2 aromatic rings. The summed E-state index contributed by atoms with van der Waals surface area (Å²) in [7, 11) is -3.94. The van der Waals surface area contributed by atoms with Crippen LogP contribution in [0.2, 0.25) is 0 Å². The average molecular weight is 580 g/mol. The summed E-state index contributed by atoms with van der Waals surface area (Å²) in [4.78, 5) is 15.6. The van der Waals surface area contributed by atoms with Gasteiger partial charge in [0, 0.05) is 38.6 Å². The lowest BCUT2D eigenvalue weighted by molar-refractivity contribution is 0.0893. The molecule has 1 fully saturated rings. The number of sulfone groups is 1. The number of ether oxygens (including phenoxy) is 1. The first-order valence-corrected chi connectivity index (χ1v) is 17.0. The second-order valence-electron chi connectivity index (χ2n) is 10.1. The van der Waals surface area contributed by atoms with E-state index < -0.39 is 25.8 Å². The van der Waals surface area contributed by atoms with Gasteiger partial charge < -0.3 is 15.0 Å². The summed E-state index contributed by atoms with van der Waals surface area (Å²) in [5.74, 6) is -0.398. The maximum absolute atomic E-state index is 13.3. The first-order chi connectivity index (χ1) is 18.5. The van der Waals surface area contributed by atoms with Crippen molar-refractivity contribution in [3.63, 3.8) is 0 Å². The van der Waals surface area contributed by atoms with Crippen molar-refractivity contribution in [1.29, 1.82) is 0 Å². The number of methoxy groups -OCH3 is 1. The van der Waals surface area contributed by atoms with Crippen LogP contribution in [0.4, 0.5) is 17.1 Å². The lowest BCUT2D eigenvalue weighted by Crippen LogP contribution is -2.39. The zero-order chi connectivity index (χ0) is 28.6. The van der Waals surface area contributed by atoms with E-state index in [2.05, 4.69) is 17.1 Å². The summed E-state index contributed by atoms with van der Waals surface area (Å²) in [6.07, 6.45) is 7.82. The highest BCUT2D eigenvalue weighted by atomic mass is 32.2. The Bertz CT molecular complexity index is 1330. The Morgan fingerprint density at radius 2 is 1.74 bits per heavy atom. The van der Waals surface area contributed by atoms with Gasteiger partial charge in [-0.1, -0.05) is 32.6 Å². The van der Waals surface area contributed by atoms with E-state index in [9.17, 15) is 21.6 Å². The van der Waals surface area contributed by atoms with Gasteiger partial charge in [0.05, 0.1) is 34.3 Å². The standard InChI is InChI=1S/C28H41N3O6S2/c1-5-6-7-8-9-19-39(35,36)25-15-12-22(13-16-25)29-28(32)26-17-14-23(20-27(26)30(2)38(4,33)34)31-18-10-11-24(21-31)37-3/h12-17,20,24H,5-11,18-19,21H2,1-4H3,(H,29,32)/t24-/m1/s1. The highest BCUT2D eigenvalue weighted by molar-refractivity contribution is 7.92. The summed E-state index contributed by atoms with van der Waals surface area (Å²) in [5, 5.41) is 2.78. The molecule has 0 bridgehead atoms. The molecule has 1 saturated heterocycles. The third-order valence-electron chi connectivity index (χ3n) is 7.13. The van der Waals surface area contributed by atoms with E-state index in [1.54, 1.807) is 31.4 Å². The topological polar surface area (TPSA) is 113 Å². The van der Waals surface area contributed by atoms with Crippen LogP contribution in [-0.2, 0) is 24.6 Å².